The second-order valence-corrected chi connectivity index (χ2v) is 4.17. The third kappa shape index (κ3) is 2.76. The molecule has 1 fully saturated rings. The third-order valence-electron chi connectivity index (χ3n) is 2.82. The van der Waals surface area contributed by atoms with Gasteiger partial charge in [0, 0.05) is 5.69 Å². The Morgan fingerprint density at radius 2 is 2.05 bits per heavy atom. The minimum absolute atomic E-state index is 0.0466. The number of benzene rings is 1. The van der Waals surface area contributed by atoms with E-state index in [4.69, 9.17) is 4.74 Å². The van der Waals surface area contributed by atoms with Crippen LogP contribution in [-0.4, -0.2) is 37.0 Å². The Labute approximate surface area is 114 Å². The first-order valence-corrected chi connectivity index (χ1v) is 6.07. The molecule has 1 aromatic rings. The average Bonchev–Trinajstić information content (AvgIpc) is 2.43. The molecule has 0 aliphatic carbocycles. The molecule has 7 heteroatoms. The second-order valence-electron chi connectivity index (χ2n) is 4.17. The minimum atomic E-state index is -0.926. The second kappa shape index (κ2) is 5.68. The number of esters is 1. The van der Waals surface area contributed by atoms with Crippen LogP contribution in [0, 0.1) is 5.82 Å². The van der Waals surface area contributed by atoms with Crippen LogP contribution in [0.3, 0.4) is 0 Å². The molecule has 1 saturated heterocycles. The van der Waals surface area contributed by atoms with Crippen LogP contribution >= 0.6 is 0 Å². The minimum Gasteiger partial charge on any atom is -0.464 e. The summed E-state index contributed by atoms with van der Waals surface area (Å²) in [7, 11) is 0. The van der Waals surface area contributed by atoms with E-state index in [0.717, 1.165) is 4.90 Å². The van der Waals surface area contributed by atoms with Gasteiger partial charge < -0.3 is 15.0 Å². The Bertz CT molecular complexity index is 544. The zero-order chi connectivity index (χ0) is 14.7. The molecule has 1 atom stereocenters. The summed E-state index contributed by atoms with van der Waals surface area (Å²) < 4.78 is 17.7. The van der Waals surface area contributed by atoms with Crippen LogP contribution in [0.5, 0.6) is 0 Å². The van der Waals surface area contributed by atoms with Crippen LogP contribution in [0.1, 0.15) is 6.92 Å². The fourth-order valence-corrected chi connectivity index (χ4v) is 1.87. The molecule has 2 rings (SSSR count). The third-order valence-corrected chi connectivity index (χ3v) is 2.82. The van der Waals surface area contributed by atoms with Crippen molar-refractivity contribution in [3.05, 3.63) is 30.1 Å². The summed E-state index contributed by atoms with van der Waals surface area (Å²) in [6.45, 7) is 1.77. The number of ether oxygens (including phenoxy) is 1. The molecule has 6 nitrogen and oxygen atoms in total. The maximum atomic E-state index is 12.9. The molecule has 0 aromatic heterocycles. The topological polar surface area (TPSA) is 75.7 Å². The van der Waals surface area contributed by atoms with Crippen molar-refractivity contribution < 1.29 is 23.5 Å². The lowest BCUT2D eigenvalue weighted by Crippen LogP contribution is -2.60. The van der Waals surface area contributed by atoms with Crippen molar-refractivity contribution in [1.29, 1.82) is 0 Å². The van der Waals surface area contributed by atoms with E-state index >= 15 is 0 Å². The molecule has 1 heterocycles. The molecule has 0 spiro atoms. The van der Waals surface area contributed by atoms with Crippen molar-refractivity contribution in [1.82, 2.24) is 5.32 Å². The Hall–Kier alpha value is -2.44. The van der Waals surface area contributed by atoms with E-state index in [0.29, 0.717) is 5.69 Å². The van der Waals surface area contributed by atoms with Crippen LogP contribution < -0.4 is 10.2 Å². The highest BCUT2D eigenvalue weighted by Gasteiger charge is 2.37. The summed E-state index contributed by atoms with van der Waals surface area (Å²) >= 11 is 0. The molecule has 0 saturated carbocycles. The van der Waals surface area contributed by atoms with Gasteiger partial charge in [-0.15, -0.1) is 0 Å². The molecule has 2 amide bonds. The number of amides is 2. The van der Waals surface area contributed by atoms with Crippen molar-refractivity contribution in [2.45, 2.75) is 13.0 Å². The molecule has 20 heavy (non-hydrogen) atoms. The van der Waals surface area contributed by atoms with Crippen molar-refractivity contribution in [3.8, 4) is 0 Å². The van der Waals surface area contributed by atoms with Gasteiger partial charge in [-0.3, -0.25) is 9.59 Å². The quantitative estimate of drug-likeness (QED) is 0.635. The maximum Gasteiger partial charge on any atom is 0.330 e. The Morgan fingerprint density at radius 3 is 2.65 bits per heavy atom. The van der Waals surface area contributed by atoms with E-state index in [2.05, 4.69) is 5.32 Å². The number of piperazine rings is 1. The van der Waals surface area contributed by atoms with Crippen molar-refractivity contribution in [2.24, 2.45) is 0 Å². The molecule has 0 radical (unpaired) electrons. The first-order chi connectivity index (χ1) is 9.52. The van der Waals surface area contributed by atoms with E-state index in [1.165, 1.54) is 24.3 Å². The van der Waals surface area contributed by atoms with E-state index in [-0.39, 0.29) is 13.2 Å². The molecular formula is C13H13FN2O4. The van der Waals surface area contributed by atoms with Crippen LogP contribution in [0.15, 0.2) is 24.3 Å². The number of nitrogens with one attached hydrogen (secondary N) is 1. The molecule has 0 bridgehead atoms. The lowest BCUT2D eigenvalue weighted by atomic mass is 10.1. The van der Waals surface area contributed by atoms with Gasteiger partial charge in [-0.1, -0.05) is 0 Å². The number of hydrogen-bond acceptors (Lipinski definition) is 4. The van der Waals surface area contributed by atoms with Gasteiger partial charge in [0.2, 0.25) is 0 Å². The lowest BCUT2D eigenvalue weighted by molar-refractivity contribution is -0.149. The summed E-state index contributed by atoms with van der Waals surface area (Å²) in [5.41, 5.74) is 0.348. The zero-order valence-corrected chi connectivity index (χ0v) is 10.8. The van der Waals surface area contributed by atoms with Crippen molar-refractivity contribution >= 4 is 23.5 Å². The summed E-state index contributed by atoms with van der Waals surface area (Å²) in [5.74, 6) is -2.75. The van der Waals surface area contributed by atoms with E-state index < -0.39 is 29.6 Å². The van der Waals surface area contributed by atoms with Gasteiger partial charge in [0.15, 0.2) is 0 Å². The monoisotopic (exact) mass is 280 g/mol. The SMILES string of the molecule is CCOC(=O)C1CN(c2ccc(F)cc2)C(=O)C(=O)N1. The predicted molar refractivity (Wildman–Crippen MR) is 67.3 cm³/mol. The summed E-state index contributed by atoms with van der Waals surface area (Å²) in [6.07, 6.45) is 0. The first kappa shape index (κ1) is 14.0. The van der Waals surface area contributed by atoms with Gasteiger partial charge >= 0.3 is 17.8 Å². The molecule has 106 valence electrons. The lowest BCUT2D eigenvalue weighted by Gasteiger charge is -2.31. The smallest absolute Gasteiger partial charge is 0.330 e. The molecule has 1 aromatic carbocycles. The van der Waals surface area contributed by atoms with Crippen LogP contribution in [-0.2, 0) is 19.1 Å². The van der Waals surface area contributed by atoms with Gasteiger partial charge in [0.05, 0.1) is 13.2 Å². The number of carbonyl (C=O) groups is 3. The summed E-state index contributed by atoms with van der Waals surface area (Å²) in [4.78, 5) is 36.2. The fraction of sp³-hybridized carbons (Fsp3) is 0.308. The maximum absolute atomic E-state index is 12.9. The fourth-order valence-electron chi connectivity index (χ4n) is 1.87. The Balaban J connectivity index is 2.22. The zero-order valence-electron chi connectivity index (χ0n) is 10.8. The standard InChI is InChI=1S/C13H13FN2O4/c1-2-20-13(19)10-7-16(12(18)11(17)15-10)9-5-3-8(14)4-6-9/h3-6,10H,2,7H2,1H3,(H,15,17). The number of hydrogen-bond donors (Lipinski definition) is 1. The molecule has 1 unspecified atom stereocenters. The molecule has 1 aliphatic rings. The van der Waals surface area contributed by atoms with Crippen LogP contribution in [0.2, 0.25) is 0 Å². The predicted octanol–water partition coefficient (Wildman–Crippen LogP) is 0.220. The van der Waals surface area contributed by atoms with Crippen LogP contribution in [0.25, 0.3) is 0 Å². The van der Waals surface area contributed by atoms with Crippen LogP contribution in [0.4, 0.5) is 10.1 Å². The van der Waals surface area contributed by atoms with E-state index in [9.17, 15) is 18.8 Å². The van der Waals surface area contributed by atoms with Crippen molar-refractivity contribution in [2.75, 3.05) is 18.1 Å². The van der Waals surface area contributed by atoms with Gasteiger partial charge in [0.1, 0.15) is 11.9 Å². The normalized spacial score (nSPS) is 18.7. The molecular weight excluding hydrogens is 267 g/mol. The average molecular weight is 280 g/mol. The summed E-state index contributed by atoms with van der Waals surface area (Å²) in [5, 5.41) is 2.28. The Kier molecular flexibility index (Phi) is 3.97. The largest absolute Gasteiger partial charge is 0.464 e. The number of carbonyl (C=O) groups excluding carboxylic acids is 3. The van der Waals surface area contributed by atoms with Gasteiger partial charge in [-0.2, -0.15) is 0 Å². The Morgan fingerprint density at radius 1 is 1.40 bits per heavy atom. The van der Waals surface area contributed by atoms with Gasteiger partial charge in [-0.05, 0) is 31.2 Å². The van der Waals surface area contributed by atoms with E-state index in [1.807, 2.05) is 0 Å². The highest BCUT2D eigenvalue weighted by atomic mass is 19.1. The highest BCUT2D eigenvalue weighted by molar-refractivity contribution is 6.41. The van der Waals surface area contributed by atoms with E-state index in [1.54, 1.807) is 6.92 Å². The van der Waals surface area contributed by atoms with Gasteiger partial charge in [0.25, 0.3) is 0 Å². The molecule has 1 N–H and O–H groups in total. The summed E-state index contributed by atoms with van der Waals surface area (Å²) in [6, 6.07) is 4.16. The van der Waals surface area contributed by atoms with Gasteiger partial charge in [-0.25, -0.2) is 9.18 Å². The number of halogens is 1. The first-order valence-electron chi connectivity index (χ1n) is 6.07. The number of anilines is 1. The number of nitrogens with zero attached hydrogens (tertiary/aromatic N) is 1. The number of rotatable bonds is 3. The van der Waals surface area contributed by atoms with Crippen molar-refractivity contribution in [3.63, 3.8) is 0 Å². The highest BCUT2D eigenvalue weighted by Crippen LogP contribution is 2.18. The molecule has 1 aliphatic heterocycles.